The number of rotatable bonds is 3. The fourth-order valence-electron chi connectivity index (χ4n) is 6.32. The van der Waals surface area contributed by atoms with Crippen LogP contribution in [-0.4, -0.2) is 39.7 Å². The highest BCUT2D eigenvalue weighted by molar-refractivity contribution is 5.88. The number of hydrogen-bond acceptors (Lipinski definition) is 3. The minimum absolute atomic E-state index is 0.0246. The van der Waals surface area contributed by atoms with Crippen molar-refractivity contribution in [3.8, 4) is 0 Å². The number of likely N-dealkylation sites (tertiary alicyclic amines) is 1. The quantitative estimate of drug-likeness (QED) is 0.463. The lowest BCUT2D eigenvalue weighted by molar-refractivity contribution is -0.137. The molecule has 4 heteroatoms. The highest BCUT2D eigenvalue weighted by atomic mass is 16.3. The molecule has 3 N–H and O–H groups in total. The van der Waals surface area contributed by atoms with Crippen molar-refractivity contribution >= 4 is 10.9 Å². The van der Waals surface area contributed by atoms with Gasteiger partial charge in [0.05, 0.1) is 0 Å². The number of fused-ring (bicyclic) bond motifs is 2. The van der Waals surface area contributed by atoms with Gasteiger partial charge < -0.3 is 15.2 Å². The molecule has 0 radical (unpaired) electrons. The zero-order valence-corrected chi connectivity index (χ0v) is 18.2. The molecule has 2 aliphatic rings. The standard InChI is InChI=1S/C28H28N2O2/c1-30-18-22(28(32,20-9-4-2-5-10-20)21-11-6-3-7-12-21)16-27(31)23-13-8-14-24-26(23)19(17-29-24)15-25(27)30/h2-14,17,22,25,29,31-32H,15-16,18H2,1H3/t22-,25-,27+/m1/s1. The molecule has 1 aliphatic carbocycles. The van der Waals surface area contributed by atoms with Crippen LogP contribution in [-0.2, 0) is 17.6 Å². The van der Waals surface area contributed by atoms with E-state index in [0.29, 0.717) is 13.0 Å². The fraction of sp³-hybridized carbons (Fsp3) is 0.286. The van der Waals surface area contributed by atoms with Crippen LogP contribution in [0.2, 0.25) is 0 Å². The van der Waals surface area contributed by atoms with Gasteiger partial charge in [0.25, 0.3) is 0 Å². The summed E-state index contributed by atoms with van der Waals surface area (Å²) in [6.07, 6.45) is 3.37. The van der Waals surface area contributed by atoms with Crippen LogP contribution in [0.5, 0.6) is 0 Å². The summed E-state index contributed by atoms with van der Waals surface area (Å²) in [7, 11) is 2.08. The molecule has 0 saturated carbocycles. The fourth-order valence-corrected chi connectivity index (χ4v) is 6.32. The monoisotopic (exact) mass is 424 g/mol. The second kappa shape index (κ2) is 7.04. The van der Waals surface area contributed by atoms with Gasteiger partial charge >= 0.3 is 0 Å². The summed E-state index contributed by atoms with van der Waals surface area (Å²) in [6, 6.07) is 25.9. The Morgan fingerprint density at radius 1 is 0.938 bits per heavy atom. The lowest BCUT2D eigenvalue weighted by Gasteiger charge is -2.54. The highest BCUT2D eigenvalue weighted by Gasteiger charge is 2.55. The zero-order chi connectivity index (χ0) is 21.9. The van der Waals surface area contributed by atoms with Crippen molar-refractivity contribution in [3.63, 3.8) is 0 Å². The van der Waals surface area contributed by atoms with Crippen LogP contribution in [0.4, 0.5) is 0 Å². The SMILES string of the molecule is CN1C[C@H](C(O)(c2ccccc2)c2ccccc2)C[C@]2(O)c3cccc4[nH]cc(c34)C[C@@H]12. The van der Waals surface area contributed by atoms with E-state index in [4.69, 9.17) is 0 Å². The van der Waals surface area contributed by atoms with E-state index in [1.165, 1.54) is 5.56 Å². The third-order valence-electron chi connectivity index (χ3n) is 7.84. The van der Waals surface area contributed by atoms with E-state index >= 15 is 0 Å². The average Bonchev–Trinajstić information content (AvgIpc) is 3.25. The van der Waals surface area contributed by atoms with Gasteiger partial charge in [-0.15, -0.1) is 0 Å². The van der Waals surface area contributed by atoms with E-state index in [1.54, 1.807) is 0 Å². The molecule has 1 aliphatic heterocycles. The van der Waals surface area contributed by atoms with Crippen molar-refractivity contribution in [2.75, 3.05) is 13.6 Å². The predicted molar refractivity (Wildman–Crippen MR) is 126 cm³/mol. The number of nitrogens with one attached hydrogen (secondary N) is 1. The molecule has 4 nitrogen and oxygen atoms in total. The Morgan fingerprint density at radius 2 is 1.59 bits per heavy atom. The Bertz CT molecular complexity index is 1230. The van der Waals surface area contributed by atoms with E-state index in [-0.39, 0.29) is 12.0 Å². The normalized spacial score (nSPS) is 25.6. The van der Waals surface area contributed by atoms with E-state index in [9.17, 15) is 10.2 Å². The van der Waals surface area contributed by atoms with E-state index in [2.05, 4.69) is 35.3 Å². The predicted octanol–water partition coefficient (Wildman–Crippen LogP) is 4.17. The lowest BCUT2D eigenvalue weighted by Crippen LogP contribution is -2.61. The van der Waals surface area contributed by atoms with Crippen molar-refractivity contribution in [2.45, 2.75) is 30.1 Å². The minimum Gasteiger partial charge on any atom is -0.383 e. The number of aromatic nitrogens is 1. The summed E-state index contributed by atoms with van der Waals surface area (Å²) >= 11 is 0. The number of piperidine rings is 1. The molecule has 0 unspecified atom stereocenters. The maximum Gasteiger partial charge on any atom is 0.119 e. The Morgan fingerprint density at radius 3 is 2.25 bits per heavy atom. The average molecular weight is 425 g/mol. The molecule has 3 aromatic carbocycles. The Hall–Kier alpha value is -2.92. The first-order valence-electron chi connectivity index (χ1n) is 11.4. The Labute approximate surface area is 188 Å². The number of aliphatic hydroxyl groups is 2. The summed E-state index contributed by atoms with van der Waals surface area (Å²) < 4.78 is 0. The topological polar surface area (TPSA) is 59.5 Å². The van der Waals surface area contributed by atoms with E-state index in [1.807, 2.05) is 66.7 Å². The van der Waals surface area contributed by atoms with Gasteiger partial charge in [0, 0.05) is 35.6 Å². The van der Waals surface area contributed by atoms with Crippen LogP contribution in [0.3, 0.4) is 0 Å². The zero-order valence-electron chi connectivity index (χ0n) is 18.2. The van der Waals surface area contributed by atoms with Gasteiger partial charge in [0.2, 0.25) is 0 Å². The summed E-state index contributed by atoms with van der Waals surface area (Å²) in [5.41, 5.74) is 2.79. The Kier molecular flexibility index (Phi) is 4.34. The molecule has 162 valence electrons. The smallest absolute Gasteiger partial charge is 0.119 e. The number of H-pyrrole nitrogens is 1. The number of hydrogen-bond donors (Lipinski definition) is 3. The number of likely N-dealkylation sites (N-methyl/N-ethyl adjacent to an activating group) is 1. The molecular weight excluding hydrogens is 396 g/mol. The van der Waals surface area contributed by atoms with Crippen LogP contribution in [0.1, 0.15) is 28.7 Å². The molecule has 1 fully saturated rings. The minimum atomic E-state index is -1.20. The molecule has 6 rings (SSSR count). The second-order valence-corrected chi connectivity index (χ2v) is 9.53. The van der Waals surface area contributed by atoms with Gasteiger partial charge in [-0.25, -0.2) is 0 Å². The van der Waals surface area contributed by atoms with Crippen molar-refractivity contribution < 1.29 is 10.2 Å². The molecular formula is C28H28N2O2. The van der Waals surface area contributed by atoms with E-state index in [0.717, 1.165) is 34.0 Å². The summed E-state index contributed by atoms with van der Waals surface area (Å²) in [6.45, 7) is 0.697. The van der Waals surface area contributed by atoms with Gasteiger partial charge in [-0.3, -0.25) is 4.90 Å². The van der Waals surface area contributed by atoms with Crippen molar-refractivity contribution in [1.29, 1.82) is 0 Å². The maximum atomic E-state index is 12.4. The van der Waals surface area contributed by atoms with Crippen molar-refractivity contribution in [3.05, 3.63) is 107 Å². The van der Waals surface area contributed by atoms with E-state index < -0.39 is 11.2 Å². The highest BCUT2D eigenvalue weighted by Crippen LogP contribution is 2.51. The molecule has 2 heterocycles. The van der Waals surface area contributed by atoms with Gasteiger partial charge in [-0.05, 0) is 48.2 Å². The number of nitrogens with zero attached hydrogens (tertiary/aromatic N) is 1. The van der Waals surface area contributed by atoms with Crippen LogP contribution in [0, 0.1) is 5.92 Å². The van der Waals surface area contributed by atoms with Crippen LogP contribution in [0.25, 0.3) is 10.9 Å². The number of aromatic amines is 1. The molecule has 3 atom stereocenters. The lowest BCUT2D eigenvalue weighted by atomic mass is 9.63. The number of benzene rings is 3. The van der Waals surface area contributed by atoms with Crippen LogP contribution >= 0.6 is 0 Å². The maximum absolute atomic E-state index is 12.4. The molecule has 0 bridgehead atoms. The largest absolute Gasteiger partial charge is 0.383 e. The van der Waals surface area contributed by atoms with Crippen LogP contribution < -0.4 is 0 Å². The molecule has 32 heavy (non-hydrogen) atoms. The summed E-state index contributed by atoms with van der Waals surface area (Å²) in [5.74, 6) is -0.186. The van der Waals surface area contributed by atoms with Crippen LogP contribution in [0.15, 0.2) is 85.1 Å². The molecule has 1 saturated heterocycles. The summed E-state index contributed by atoms with van der Waals surface area (Å²) in [5, 5.41) is 25.9. The van der Waals surface area contributed by atoms with Gasteiger partial charge in [-0.2, -0.15) is 0 Å². The van der Waals surface area contributed by atoms with Gasteiger partial charge in [0.15, 0.2) is 0 Å². The first-order valence-corrected chi connectivity index (χ1v) is 11.4. The van der Waals surface area contributed by atoms with Gasteiger partial charge in [0.1, 0.15) is 11.2 Å². The third-order valence-corrected chi connectivity index (χ3v) is 7.84. The summed E-state index contributed by atoms with van der Waals surface area (Å²) in [4.78, 5) is 5.63. The van der Waals surface area contributed by atoms with Crippen molar-refractivity contribution in [2.24, 2.45) is 5.92 Å². The Balaban J connectivity index is 1.52. The first-order chi connectivity index (χ1) is 15.5. The molecule has 0 spiro atoms. The molecule has 4 aromatic rings. The third kappa shape index (κ3) is 2.67. The second-order valence-electron chi connectivity index (χ2n) is 9.53. The molecule has 1 aromatic heterocycles. The van der Waals surface area contributed by atoms with Crippen molar-refractivity contribution in [1.82, 2.24) is 9.88 Å². The van der Waals surface area contributed by atoms with Gasteiger partial charge in [-0.1, -0.05) is 72.8 Å². The molecule has 0 amide bonds. The first kappa shape index (κ1) is 19.7.